The molecule has 3 unspecified atom stereocenters. The number of para-hydroxylation sites is 1. The van der Waals surface area contributed by atoms with Gasteiger partial charge in [0.05, 0.1) is 31.2 Å². The summed E-state index contributed by atoms with van der Waals surface area (Å²) >= 11 is 0. The zero-order valence-corrected chi connectivity index (χ0v) is 21.9. The van der Waals surface area contributed by atoms with Crippen molar-refractivity contribution in [2.24, 2.45) is 10.7 Å². The second-order valence-electron chi connectivity index (χ2n) is 9.13. The number of rotatable bonds is 9. The van der Waals surface area contributed by atoms with Gasteiger partial charge in [0.25, 0.3) is 5.72 Å². The topological polar surface area (TPSA) is 170 Å². The Balaban J connectivity index is 1.57. The molecule has 0 bridgehead atoms. The van der Waals surface area contributed by atoms with E-state index >= 15 is 4.39 Å². The number of aliphatic hydroxyl groups excluding tert-OH is 1. The molecule has 12 nitrogen and oxygen atoms in total. The molecular formula is C24H28FN6O6P. The summed E-state index contributed by atoms with van der Waals surface area (Å²) in [4.78, 5) is 37.7. The number of nitrogens with zero attached hydrogens (tertiary/aromatic N) is 5. The Morgan fingerprint density at radius 3 is 2.74 bits per heavy atom. The number of alkyl halides is 1. The number of nitrogens with two attached hydrogens (primary N) is 1. The van der Waals surface area contributed by atoms with Gasteiger partial charge in [-0.1, -0.05) is 24.8 Å². The number of carbonyl (C=O) groups excluding carboxylic acids is 1. The minimum Gasteiger partial charge on any atom is -0.575 e. The number of ether oxygens (including phenoxy) is 2. The highest BCUT2D eigenvalue weighted by molar-refractivity contribution is 7.34. The van der Waals surface area contributed by atoms with Crippen LogP contribution in [0.4, 0.5) is 10.2 Å². The number of carbonyl (C=O) groups is 1. The molecule has 1 aliphatic carbocycles. The highest BCUT2D eigenvalue weighted by Crippen LogP contribution is 2.43. The maximum atomic E-state index is 15.4. The Hall–Kier alpha value is -3.51. The molecule has 202 valence electrons. The van der Waals surface area contributed by atoms with E-state index in [1.54, 1.807) is 44.2 Å². The van der Waals surface area contributed by atoms with Gasteiger partial charge < -0.3 is 29.8 Å². The first-order valence-corrected chi connectivity index (χ1v) is 12.9. The molecule has 3 aromatic rings. The summed E-state index contributed by atoms with van der Waals surface area (Å²) in [6, 6.07) is 7.23. The van der Waals surface area contributed by atoms with Crippen LogP contribution in [0.25, 0.3) is 11.2 Å². The van der Waals surface area contributed by atoms with Crippen LogP contribution in [0.5, 0.6) is 5.75 Å². The Morgan fingerprint density at radius 1 is 1.34 bits per heavy atom. The smallest absolute Gasteiger partial charge is 0.398 e. The number of aromatic nitrogens is 4. The highest BCUT2D eigenvalue weighted by Gasteiger charge is 2.50. The van der Waals surface area contributed by atoms with E-state index in [2.05, 4.69) is 26.3 Å². The van der Waals surface area contributed by atoms with Crippen LogP contribution in [-0.4, -0.2) is 61.3 Å². The number of imidazole rings is 1. The average Bonchev–Trinajstić information content (AvgIpc) is 3.37. The predicted molar refractivity (Wildman–Crippen MR) is 134 cm³/mol. The van der Waals surface area contributed by atoms with E-state index in [1.165, 1.54) is 24.1 Å². The third-order valence-corrected chi connectivity index (χ3v) is 6.96. The van der Waals surface area contributed by atoms with Crippen LogP contribution in [-0.2, 0) is 14.3 Å². The van der Waals surface area contributed by atoms with Crippen molar-refractivity contribution in [3.05, 3.63) is 55.1 Å². The maximum Gasteiger partial charge on any atom is 0.398 e. The van der Waals surface area contributed by atoms with Crippen LogP contribution in [0.15, 0.2) is 59.9 Å². The second-order valence-corrected chi connectivity index (χ2v) is 9.99. The van der Waals surface area contributed by atoms with E-state index in [-0.39, 0.29) is 34.9 Å². The van der Waals surface area contributed by atoms with Crippen LogP contribution in [0.1, 0.15) is 26.8 Å². The van der Waals surface area contributed by atoms with Crippen LogP contribution in [0.3, 0.4) is 0 Å². The fourth-order valence-corrected chi connectivity index (χ4v) is 4.91. The minimum absolute atomic E-state index is 0.126. The van der Waals surface area contributed by atoms with Crippen molar-refractivity contribution in [2.75, 3.05) is 12.3 Å². The second kappa shape index (κ2) is 11.1. The normalized spacial score (nSPS) is 23.6. The highest BCUT2D eigenvalue weighted by atomic mass is 31.1. The molecule has 1 aromatic carbocycles. The molecule has 4 rings (SSSR count). The van der Waals surface area contributed by atoms with Crippen molar-refractivity contribution in [1.82, 2.24) is 19.5 Å². The van der Waals surface area contributed by atoms with Gasteiger partial charge in [-0.3, -0.25) is 4.52 Å². The maximum absolute atomic E-state index is 15.4. The van der Waals surface area contributed by atoms with Crippen LogP contribution < -0.4 is 15.2 Å². The fraction of sp³-hybridized carbons (Fsp3) is 0.417. The van der Waals surface area contributed by atoms with Gasteiger partial charge in [0.15, 0.2) is 23.4 Å². The Labute approximate surface area is 218 Å². The quantitative estimate of drug-likeness (QED) is 0.231. The molecule has 2 aromatic heterocycles. The molecule has 14 heteroatoms. The third-order valence-electron chi connectivity index (χ3n) is 6.05. The summed E-state index contributed by atoms with van der Waals surface area (Å²) in [7, 11) is -2.77. The molecule has 3 N–H and O–H groups in total. The molecule has 0 saturated heterocycles. The standard InChI is InChI=1S/C24H28FN6O6P/c1-13(2)36-23(33)24(4,30-38(34)37-15-8-6-5-7-9-15)35-10-16-14(3)19(17(25)20(16)32)31-12-29-18-21(26)27-11-28-22(18)31/h5-9,11-13,16-17,19-20,32H,3,10H2,1-2,4H3,(H2,26,27,28)/t16-,17+,19+,20?,24?/m0/s1. The number of hydrogen-bond donors (Lipinski definition) is 2. The summed E-state index contributed by atoms with van der Waals surface area (Å²) < 4.78 is 37.1. The zero-order valence-electron chi connectivity index (χ0n) is 21.0. The van der Waals surface area contributed by atoms with Crippen LogP contribution in [0.2, 0.25) is 0 Å². The molecule has 1 aliphatic rings. The lowest BCUT2D eigenvalue weighted by Crippen LogP contribution is -2.41. The van der Waals surface area contributed by atoms with E-state index in [1.807, 2.05) is 0 Å². The number of benzene rings is 1. The lowest BCUT2D eigenvalue weighted by atomic mass is 10.0. The molecule has 0 radical (unpaired) electrons. The number of fused-ring (bicyclic) bond motifs is 1. The number of anilines is 1. The molecule has 6 atom stereocenters. The number of halogens is 1. The van der Waals surface area contributed by atoms with Crippen molar-refractivity contribution in [3.63, 3.8) is 0 Å². The van der Waals surface area contributed by atoms with Crippen molar-refractivity contribution >= 4 is 31.1 Å². The number of hydrogen-bond acceptors (Lipinski definition) is 11. The van der Waals surface area contributed by atoms with Crippen molar-refractivity contribution in [1.29, 1.82) is 0 Å². The van der Waals surface area contributed by atoms with Crippen molar-refractivity contribution < 1.29 is 33.2 Å². The first-order valence-electron chi connectivity index (χ1n) is 11.7. The molecule has 0 amide bonds. The first-order chi connectivity index (χ1) is 18.0. The van der Waals surface area contributed by atoms with E-state index in [4.69, 9.17) is 19.7 Å². The fourth-order valence-electron chi connectivity index (χ4n) is 4.12. The van der Waals surface area contributed by atoms with E-state index in [0.717, 1.165) is 0 Å². The van der Waals surface area contributed by atoms with Crippen molar-refractivity contribution in [3.8, 4) is 5.75 Å². The predicted octanol–water partition coefficient (Wildman–Crippen LogP) is 2.45. The molecule has 0 spiro atoms. The average molecular weight is 546 g/mol. The molecule has 2 heterocycles. The van der Waals surface area contributed by atoms with Gasteiger partial charge in [-0.05, 0) is 36.3 Å². The largest absolute Gasteiger partial charge is 0.575 e. The number of esters is 1. The Morgan fingerprint density at radius 2 is 2.05 bits per heavy atom. The van der Waals surface area contributed by atoms with Gasteiger partial charge >= 0.3 is 14.1 Å². The summed E-state index contributed by atoms with van der Waals surface area (Å²) in [6.07, 6.45) is -1.29. The molecular weight excluding hydrogens is 518 g/mol. The van der Waals surface area contributed by atoms with Crippen molar-refractivity contribution in [2.45, 2.75) is 50.9 Å². The Kier molecular flexibility index (Phi) is 8.02. The van der Waals surface area contributed by atoms with Gasteiger partial charge in [-0.25, -0.2) is 24.1 Å². The summed E-state index contributed by atoms with van der Waals surface area (Å²) in [6.45, 7) is 8.12. The monoisotopic (exact) mass is 546 g/mol. The summed E-state index contributed by atoms with van der Waals surface area (Å²) in [5.41, 5.74) is 4.58. The minimum atomic E-state index is -2.77. The summed E-state index contributed by atoms with van der Waals surface area (Å²) in [5.74, 6) is -1.48. The van der Waals surface area contributed by atoms with E-state index in [0.29, 0.717) is 0 Å². The van der Waals surface area contributed by atoms with Crippen LogP contribution in [0, 0.1) is 5.92 Å². The first kappa shape index (κ1) is 27.5. The van der Waals surface area contributed by atoms with Gasteiger partial charge in [-0.15, -0.1) is 0 Å². The lowest BCUT2D eigenvalue weighted by Gasteiger charge is -2.25. The van der Waals surface area contributed by atoms with E-state index in [9.17, 15) is 14.8 Å². The SMILES string of the molecule is C=C1[C@@H](n2cnc3c(N)ncnc32)[C@@H](F)C(O)[C@H]1COC(C)(/N=[P+](\[O-])Oc1ccccc1)C(=O)OC(C)C. The number of aliphatic hydroxyl groups is 1. The van der Waals surface area contributed by atoms with Gasteiger partial charge in [0, 0.05) is 12.8 Å². The Bertz CT molecular complexity index is 1350. The summed E-state index contributed by atoms with van der Waals surface area (Å²) in [5, 5.41) is 10.7. The zero-order chi connectivity index (χ0) is 27.6. The molecule has 0 aliphatic heterocycles. The third kappa shape index (κ3) is 5.51. The van der Waals surface area contributed by atoms with Gasteiger partial charge in [-0.2, -0.15) is 0 Å². The molecule has 38 heavy (non-hydrogen) atoms. The van der Waals surface area contributed by atoms with E-state index < -0.39 is 50.2 Å². The molecule has 1 fully saturated rings. The number of nitrogen functional groups attached to an aromatic ring is 1. The van der Waals surface area contributed by atoms with Gasteiger partial charge in [0.1, 0.15) is 11.8 Å². The van der Waals surface area contributed by atoms with Crippen LogP contribution >= 0.6 is 8.17 Å². The van der Waals surface area contributed by atoms with Gasteiger partial charge in [0.2, 0.25) is 0 Å². The molecule has 1 saturated carbocycles. The lowest BCUT2D eigenvalue weighted by molar-refractivity contribution is -0.183.